The van der Waals surface area contributed by atoms with Gasteiger partial charge in [0.25, 0.3) is 6.47 Å². The Morgan fingerprint density at radius 2 is 1.77 bits per heavy atom. The van der Waals surface area contributed by atoms with E-state index in [0.29, 0.717) is 17.7 Å². The van der Waals surface area contributed by atoms with Crippen molar-refractivity contribution < 1.29 is 25.2 Å². The molecule has 0 bridgehead atoms. The first-order valence-electron chi connectivity index (χ1n) is 8.55. The van der Waals surface area contributed by atoms with E-state index in [1.165, 1.54) is 11.6 Å². The zero-order valence-corrected chi connectivity index (χ0v) is 14.7. The van der Waals surface area contributed by atoms with Crippen molar-refractivity contribution in [1.29, 1.82) is 0 Å². The molecule has 0 aliphatic rings. The van der Waals surface area contributed by atoms with E-state index in [2.05, 4.69) is 29.6 Å². The molecule has 0 radical (unpaired) electrons. The second-order valence-electron chi connectivity index (χ2n) is 5.81. The number of aromatic hydroxyl groups is 1. The van der Waals surface area contributed by atoms with E-state index in [9.17, 15) is 10.2 Å². The van der Waals surface area contributed by atoms with Crippen LogP contribution in [0.15, 0.2) is 48.5 Å². The molecule has 2 aromatic carbocycles. The Bertz CT molecular complexity index is 633. The number of nitrogens with one attached hydrogen (secondary N) is 1. The third kappa shape index (κ3) is 8.11. The average Bonchev–Trinajstić information content (AvgIpc) is 2.66. The summed E-state index contributed by atoms with van der Waals surface area (Å²) in [5.74, 6) is 0.0531. The number of aliphatic hydroxyl groups is 2. The zero-order valence-electron chi connectivity index (χ0n) is 14.7. The Hall–Kier alpha value is -2.41. The Labute approximate surface area is 153 Å². The smallest absolute Gasteiger partial charge is 0.290 e. The van der Waals surface area contributed by atoms with Crippen molar-refractivity contribution >= 4 is 6.47 Å². The number of carboxylic acid groups (broad SMARTS) is 1. The van der Waals surface area contributed by atoms with Crippen LogP contribution in [0.5, 0.6) is 5.75 Å². The van der Waals surface area contributed by atoms with Gasteiger partial charge < -0.3 is 25.7 Å². The molecule has 0 amide bonds. The fraction of sp³-hybridized carbons (Fsp3) is 0.350. The normalized spacial score (nSPS) is 11.3. The van der Waals surface area contributed by atoms with Gasteiger partial charge in [0.2, 0.25) is 0 Å². The zero-order chi connectivity index (χ0) is 19.2. The minimum atomic E-state index is -0.643. The minimum absolute atomic E-state index is 0.0531. The highest BCUT2D eigenvalue weighted by atomic mass is 16.3. The lowest BCUT2D eigenvalue weighted by Crippen LogP contribution is -2.22. The van der Waals surface area contributed by atoms with Crippen molar-refractivity contribution in [2.45, 2.75) is 32.0 Å². The van der Waals surface area contributed by atoms with Gasteiger partial charge in [-0.25, -0.2) is 0 Å². The highest BCUT2D eigenvalue weighted by Crippen LogP contribution is 2.22. The number of aliphatic hydroxyl groups excluding tert-OH is 2. The van der Waals surface area contributed by atoms with Crippen LogP contribution in [-0.4, -0.2) is 40.0 Å². The van der Waals surface area contributed by atoms with E-state index in [4.69, 9.17) is 15.0 Å². The fourth-order valence-electron chi connectivity index (χ4n) is 2.52. The molecule has 1 unspecified atom stereocenters. The summed E-state index contributed by atoms with van der Waals surface area (Å²) in [5.41, 5.74) is 2.49. The fourth-order valence-corrected chi connectivity index (χ4v) is 2.52. The van der Waals surface area contributed by atoms with Crippen LogP contribution >= 0.6 is 0 Å². The monoisotopic (exact) mass is 361 g/mol. The number of unbranched alkanes of at least 4 members (excludes halogenated alkanes) is 1. The van der Waals surface area contributed by atoms with Crippen molar-refractivity contribution in [3.63, 3.8) is 0 Å². The summed E-state index contributed by atoms with van der Waals surface area (Å²) in [6.07, 6.45) is 2.60. The summed E-state index contributed by atoms with van der Waals surface area (Å²) in [6, 6.07) is 15.2. The largest absolute Gasteiger partial charge is 0.508 e. The summed E-state index contributed by atoms with van der Waals surface area (Å²) >= 11 is 0. The van der Waals surface area contributed by atoms with E-state index >= 15 is 0 Å². The van der Waals surface area contributed by atoms with Gasteiger partial charge in [-0.3, -0.25) is 4.79 Å². The van der Waals surface area contributed by atoms with Gasteiger partial charge in [-0.1, -0.05) is 36.4 Å². The minimum Gasteiger partial charge on any atom is -0.508 e. The van der Waals surface area contributed by atoms with Gasteiger partial charge in [-0.05, 0) is 49.1 Å². The first kappa shape index (κ1) is 21.6. The van der Waals surface area contributed by atoms with Crippen LogP contribution in [0.3, 0.4) is 0 Å². The van der Waals surface area contributed by atoms with E-state index in [1.807, 2.05) is 6.07 Å². The van der Waals surface area contributed by atoms with Gasteiger partial charge in [0.05, 0.1) is 12.7 Å². The standard InChI is InChI=1S/C19H25NO3.CH2O2/c21-14-17-12-16(9-10-18(17)22)19(23)13-20-11-5-4-8-15-6-2-1-3-7-15;2-1-3/h1-3,6-7,9-10,12,19-23H,4-5,8,11,13-14H2;1H,(H,2,3). The molecule has 2 rings (SSSR count). The Kier molecular flexibility index (Phi) is 10.7. The summed E-state index contributed by atoms with van der Waals surface area (Å²) in [7, 11) is 0. The summed E-state index contributed by atoms with van der Waals surface area (Å²) in [6.45, 7) is 0.828. The van der Waals surface area contributed by atoms with Crippen molar-refractivity contribution in [3.8, 4) is 5.75 Å². The van der Waals surface area contributed by atoms with Gasteiger partial charge in [-0.2, -0.15) is 0 Å². The highest BCUT2D eigenvalue weighted by Gasteiger charge is 2.09. The number of phenols is 1. The van der Waals surface area contributed by atoms with Crippen LogP contribution in [0.25, 0.3) is 0 Å². The molecule has 0 heterocycles. The molecule has 0 saturated carbocycles. The molecule has 26 heavy (non-hydrogen) atoms. The second kappa shape index (κ2) is 12.9. The average molecular weight is 361 g/mol. The second-order valence-corrected chi connectivity index (χ2v) is 5.81. The van der Waals surface area contributed by atoms with Gasteiger partial charge in [0.15, 0.2) is 0 Å². The van der Waals surface area contributed by atoms with Crippen LogP contribution < -0.4 is 5.32 Å². The van der Waals surface area contributed by atoms with Gasteiger partial charge >= 0.3 is 0 Å². The number of benzene rings is 2. The lowest BCUT2D eigenvalue weighted by molar-refractivity contribution is -0.122. The number of hydrogen-bond donors (Lipinski definition) is 5. The van der Waals surface area contributed by atoms with E-state index < -0.39 is 6.10 Å². The van der Waals surface area contributed by atoms with Crippen molar-refractivity contribution in [3.05, 3.63) is 65.2 Å². The first-order chi connectivity index (χ1) is 12.6. The molecule has 0 fully saturated rings. The molecule has 1 atom stereocenters. The van der Waals surface area contributed by atoms with Gasteiger partial charge in [-0.15, -0.1) is 0 Å². The molecule has 6 nitrogen and oxygen atoms in total. The molecule has 2 aromatic rings. The third-order valence-corrected chi connectivity index (χ3v) is 3.91. The number of hydrogen-bond acceptors (Lipinski definition) is 5. The molecule has 142 valence electrons. The molecule has 0 spiro atoms. The maximum Gasteiger partial charge on any atom is 0.290 e. The predicted molar refractivity (Wildman–Crippen MR) is 99.9 cm³/mol. The number of carbonyl (C=O) groups is 1. The topological polar surface area (TPSA) is 110 Å². The van der Waals surface area contributed by atoms with Crippen molar-refractivity contribution in [2.75, 3.05) is 13.1 Å². The van der Waals surface area contributed by atoms with Crippen molar-refractivity contribution in [2.24, 2.45) is 0 Å². The lowest BCUT2D eigenvalue weighted by atomic mass is 10.1. The van der Waals surface area contributed by atoms with Gasteiger partial charge in [0, 0.05) is 12.1 Å². The Morgan fingerprint density at radius 3 is 2.42 bits per heavy atom. The SMILES string of the molecule is O=CO.OCc1cc(C(O)CNCCCCc2ccccc2)ccc1O. The summed E-state index contributed by atoms with van der Waals surface area (Å²) in [5, 5.41) is 38.9. The lowest BCUT2D eigenvalue weighted by Gasteiger charge is -2.14. The molecule has 0 aliphatic heterocycles. The highest BCUT2D eigenvalue weighted by molar-refractivity contribution is 5.36. The molecule has 0 saturated heterocycles. The van der Waals surface area contributed by atoms with Crippen molar-refractivity contribution in [1.82, 2.24) is 5.32 Å². The molecule has 0 aliphatic carbocycles. The third-order valence-electron chi connectivity index (χ3n) is 3.91. The molecular formula is C20H27NO5. The van der Waals surface area contributed by atoms with E-state index in [0.717, 1.165) is 25.8 Å². The van der Waals surface area contributed by atoms with Gasteiger partial charge in [0.1, 0.15) is 5.75 Å². The maximum atomic E-state index is 10.1. The van der Waals surface area contributed by atoms with Crippen LogP contribution in [0, 0.1) is 0 Å². The number of rotatable bonds is 9. The molecule has 5 N–H and O–H groups in total. The Balaban J connectivity index is 0.00000105. The maximum absolute atomic E-state index is 10.1. The first-order valence-corrected chi connectivity index (χ1v) is 8.55. The predicted octanol–water partition coefficient (Wildman–Crippen LogP) is 2.23. The summed E-state index contributed by atoms with van der Waals surface area (Å²) in [4.78, 5) is 8.36. The van der Waals surface area contributed by atoms with E-state index in [1.54, 1.807) is 12.1 Å². The van der Waals surface area contributed by atoms with Crippen LogP contribution in [-0.2, 0) is 17.8 Å². The molecule has 0 aromatic heterocycles. The summed E-state index contributed by atoms with van der Waals surface area (Å²) < 4.78 is 0. The molecule has 6 heteroatoms. The van der Waals surface area contributed by atoms with Crippen LogP contribution in [0.1, 0.15) is 35.6 Å². The molecular weight excluding hydrogens is 334 g/mol. The number of aryl methyl sites for hydroxylation is 1. The van der Waals surface area contributed by atoms with E-state index in [-0.39, 0.29) is 18.8 Å². The van der Waals surface area contributed by atoms with Crippen LogP contribution in [0.4, 0.5) is 0 Å². The quantitative estimate of drug-likeness (QED) is 0.346. The Morgan fingerprint density at radius 1 is 1.08 bits per heavy atom. The van der Waals surface area contributed by atoms with Crippen LogP contribution in [0.2, 0.25) is 0 Å².